The number of hydrogen-bond donors (Lipinski definition) is 1. The molecule has 1 N–H and O–H groups in total. The van der Waals surface area contributed by atoms with Gasteiger partial charge >= 0.3 is 0 Å². The first-order valence-corrected chi connectivity index (χ1v) is 8.61. The molecule has 0 spiro atoms. The first-order chi connectivity index (χ1) is 11.6. The Morgan fingerprint density at radius 1 is 1.25 bits per heavy atom. The van der Waals surface area contributed by atoms with E-state index in [-0.39, 0.29) is 18.4 Å². The van der Waals surface area contributed by atoms with Crippen LogP contribution in [0, 0.1) is 6.92 Å². The Balaban J connectivity index is 1.51. The van der Waals surface area contributed by atoms with Crippen LogP contribution in [0.25, 0.3) is 0 Å². The van der Waals surface area contributed by atoms with Crippen LogP contribution in [-0.4, -0.2) is 67.0 Å². The summed E-state index contributed by atoms with van der Waals surface area (Å²) >= 11 is 0. The molecule has 130 valence electrons. The zero-order valence-corrected chi connectivity index (χ0v) is 14.2. The predicted molar refractivity (Wildman–Crippen MR) is 91.8 cm³/mol. The van der Waals surface area contributed by atoms with E-state index in [4.69, 9.17) is 4.74 Å². The highest BCUT2D eigenvalue weighted by Crippen LogP contribution is 2.14. The number of aryl methyl sites for hydroxylation is 1. The highest BCUT2D eigenvalue weighted by molar-refractivity contribution is 5.92. The third-order valence-electron chi connectivity index (χ3n) is 4.51. The lowest BCUT2D eigenvalue weighted by atomic mass is 10.2. The van der Waals surface area contributed by atoms with Crippen LogP contribution in [0.5, 0.6) is 0 Å². The van der Waals surface area contributed by atoms with Crippen LogP contribution in [0.2, 0.25) is 0 Å². The smallest absolute Gasteiger partial charge is 0.253 e. The SMILES string of the molecule is Cc1cccc(NC(=O)CN2CCOC(C(=O)N3CCCC3)C2)c1. The van der Waals surface area contributed by atoms with Crippen molar-refractivity contribution in [1.29, 1.82) is 0 Å². The Labute approximate surface area is 142 Å². The van der Waals surface area contributed by atoms with Gasteiger partial charge in [0.15, 0.2) is 0 Å². The van der Waals surface area contributed by atoms with E-state index in [1.807, 2.05) is 41.0 Å². The molecule has 24 heavy (non-hydrogen) atoms. The molecule has 2 aliphatic rings. The molecular weight excluding hydrogens is 306 g/mol. The summed E-state index contributed by atoms with van der Waals surface area (Å²) in [6.45, 7) is 5.57. The number of hydrogen-bond acceptors (Lipinski definition) is 4. The fraction of sp³-hybridized carbons (Fsp3) is 0.556. The van der Waals surface area contributed by atoms with E-state index in [2.05, 4.69) is 5.32 Å². The summed E-state index contributed by atoms with van der Waals surface area (Å²) in [5.74, 6) is 0.00571. The predicted octanol–water partition coefficient (Wildman–Crippen LogP) is 1.26. The van der Waals surface area contributed by atoms with Crippen molar-refractivity contribution in [2.75, 3.05) is 44.6 Å². The van der Waals surface area contributed by atoms with Crippen molar-refractivity contribution in [1.82, 2.24) is 9.80 Å². The van der Waals surface area contributed by atoms with E-state index in [0.717, 1.165) is 37.2 Å². The van der Waals surface area contributed by atoms with Gasteiger partial charge < -0.3 is 15.0 Å². The van der Waals surface area contributed by atoms with Crippen molar-refractivity contribution >= 4 is 17.5 Å². The van der Waals surface area contributed by atoms with Gasteiger partial charge in [0.1, 0.15) is 6.10 Å². The van der Waals surface area contributed by atoms with Crippen LogP contribution >= 0.6 is 0 Å². The first-order valence-electron chi connectivity index (χ1n) is 8.61. The number of carbonyl (C=O) groups excluding carboxylic acids is 2. The highest BCUT2D eigenvalue weighted by atomic mass is 16.5. The number of amides is 2. The largest absolute Gasteiger partial charge is 0.366 e. The number of benzene rings is 1. The molecule has 0 aliphatic carbocycles. The maximum atomic E-state index is 12.4. The second kappa shape index (κ2) is 7.77. The molecule has 1 atom stereocenters. The molecule has 2 aliphatic heterocycles. The number of ether oxygens (including phenoxy) is 1. The number of likely N-dealkylation sites (tertiary alicyclic amines) is 1. The van der Waals surface area contributed by atoms with E-state index in [0.29, 0.717) is 19.7 Å². The van der Waals surface area contributed by atoms with Gasteiger partial charge in [0.2, 0.25) is 5.91 Å². The van der Waals surface area contributed by atoms with E-state index in [9.17, 15) is 9.59 Å². The second-order valence-electron chi connectivity index (χ2n) is 6.54. The molecule has 2 amide bonds. The van der Waals surface area contributed by atoms with Gasteiger partial charge in [0, 0.05) is 31.9 Å². The number of nitrogens with zero attached hydrogens (tertiary/aromatic N) is 2. The molecule has 0 aromatic heterocycles. The number of nitrogens with one attached hydrogen (secondary N) is 1. The lowest BCUT2D eigenvalue weighted by molar-refractivity contribution is -0.149. The highest BCUT2D eigenvalue weighted by Gasteiger charge is 2.31. The van der Waals surface area contributed by atoms with Gasteiger partial charge in [-0.1, -0.05) is 12.1 Å². The number of carbonyl (C=O) groups is 2. The van der Waals surface area contributed by atoms with Crippen molar-refractivity contribution in [2.24, 2.45) is 0 Å². The van der Waals surface area contributed by atoms with E-state index < -0.39 is 6.10 Å². The molecule has 1 unspecified atom stereocenters. The van der Waals surface area contributed by atoms with Crippen LogP contribution < -0.4 is 5.32 Å². The van der Waals surface area contributed by atoms with Gasteiger partial charge in [-0.05, 0) is 37.5 Å². The van der Waals surface area contributed by atoms with E-state index in [1.54, 1.807) is 0 Å². The summed E-state index contributed by atoms with van der Waals surface area (Å²) in [5, 5.41) is 2.91. The average Bonchev–Trinajstić information content (AvgIpc) is 3.08. The lowest BCUT2D eigenvalue weighted by Crippen LogP contribution is -2.51. The topological polar surface area (TPSA) is 61.9 Å². The van der Waals surface area contributed by atoms with E-state index in [1.165, 1.54) is 0 Å². The molecule has 1 aromatic rings. The minimum absolute atomic E-state index is 0.0603. The van der Waals surface area contributed by atoms with Crippen LogP contribution in [-0.2, 0) is 14.3 Å². The second-order valence-corrected chi connectivity index (χ2v) is 6.54. The number of morpholine rings is 1. The monoisotopic (exact) mass is 331 g/mol. The maximum Gasteiger partial charge on any atom is 0.253 e. The first kappa shape index (κ1) is 16.9. The average molecular weight is 331 g/mol. The van der Waals surface area contributed by atoms with Crippen LogP contribution in [0.1, 0.15) is 18.4 Å². The van der Waals surface area contributed by atoms with Crippen LogP contribution in [0.4, 0.5) is 5.69 Å². The molecule has 3 rings (SSSR count). The summed E-state index contributed by atoms with van der Waals surface area (Å²) < 4.78 is 5.63. The van der Waals surface area contributed by atoms with Crippen molar-refractivity contribution in [3.8, 4) is 0 Å². The third kappa shape index (κ3) is 4.33. The fourth-order valence-corrected chi connectivity index (χ4v) is 3.26. The standard InChI is InChI=1S/C18H25N3O3/c1-14-5-4-6-15(11-14)19-17(22)13-20-9-10-24-16(12-20)18(23)21-7-2-3-8-21/h4-6,11,16H,2-3,7-10,12-13H2,1H3,(H,19,22). The maximum absolute atomic E-state index is 12.4. The van der Waals surface area contributed by atoms with Gasteiger partial charge in [-0.15, -0.1) is 0 Å². The minimum Gasteiger partial charge on any atom is -0.366 e. The van der Waals surface area contributed by atoms with Crippen molar-refractivity contribution in [2.45, 2.75) is 25.9 Å². The third-order valence-corrected chi connectivity index (χ3v) is 4.51. The van der Waals surface area contributed by atoms with Crippen LogP contribution in [0.3, 0.4) is 0 Å². The fourth-order valence-electron chi connectivity index (χ4n) is 3.26. The van der Waals surface area contributed by atoms with Crippen molar-refractivity contribution < 1.29 is 14.3 Å². The van der Waals surface area contributed by atoms with Gasteiger partial charge in [-0.25, -0.2) is 0 Å². The quantitative estimate of drug-likeness (QED) is 0.902. The van der Waals surface area contributed by atoms with Gasteiger partial charge in [-0.3, -0.25) is 14.5 Å². The zero-order valence-electron chi connectivity index (χ0n) is 14.2. The normalized spacial score (nSPS) is 21.7. The molecule has 2 saturated heterocycles. The van der Waals surface area contributed by atoms with Crippen molar-refractivity contribution in [3.05, 3.63) is 29.8 Å². The molecule has 0 saturated carbocycles. The van der Waals surface area contributed by atoms with Crippen LogP contribution in [0.15, 0.2) is 24.3 Å². The molecule has 0 bridgehead atoms. The molecule has 2 fully saturated rings. The molecule has 0 radical (unpaired) electrons. The van der Waals surface area contributed by atoms with Gasteiger partial charge in [0.25, 0.3) is 5.91 Å². The van der Waals surface area contributed by atoms with Gasteiger partial charge in [0.05, 0.1) is 13.2 Å². The molecule has 6 heteroatoms. The molecule has 6 nitrogen and oxygen atoms in total. The van der Waals surface area contributed by atoms with E-state index >= 15 is 0 Å². The summed E-state index contributed by atoms with van der Waals surface area (Å²) in [5.41, 5.74) is 1.91. The lowest BCUT2D eigenvalue weighted by Gasteiger charge is -2.33. The number of anilines is 1. The summed E-state index contributed by atoms with van der Waals surface area (Å²) in [4.78, 5) is 28.5. The number of rotatable bonds is 4. The summed E-state index contributed by atoms with van der Waals surface area (Å²) in [7, 11) is 0. The molecular formula is C18H25N3O3. The van der Waals surface area contributed by atoms with Gasteiger partial charge in [-0.2, -0.15) is 0 Å². The Morgan fingerprint density at radius 2 is 2.04 bits per heavy atom. The summed E-state index contributed by atoms with van der Waals surface area (Å²) in [6.07, 6.45) is 1.70. The Kier molecular flexibility index (Phi) is 5.48. The van der Waals surface area contributed by atoms with Crippen molar-refractivity contribution in [3.63, 3.8) is 0 Å². The Bertz CT molecular complexity index is 599. The minimum atomic E-state index is -0.441. The Hall–Kier alpha value is -1.92. The zero-order chi connectivity index (χ0) is 16.9. The molecule has 2 heterocycles. The molecule has 1 aromatic carbocycles. The Morgan fingerprint density at radius 3 is 2.79 bits per heavy atom. The summed E-state index contributed by atoms with van der Waals surface area (Å²) in [6, 6.07) is 7.73.